The van der Waals surface area contributed by atoms with E-state index in [0.717, 1.165) is 31.8 Å². The molecule has 1 aliphatic rings. The van der Waals surface area contributed by atoms with Crippen molar-refractivity contribution < 1.29 is 8.78 Å². The van der Waals surface area contributed by atoms with E-state index in [1.807, 2.05) is 13.1 Å². The van der Waals surface area contributed by atoms with Crippen molar-refractivity contribution >= 4 is 0 Å². The monoisotopic (exact) mass is 291 g/mol. The molecule has 3 rings (SSSR count). The van der Waals surface area contributed by atoms with E-state index in [1.165, 1.54) is 18.2 Å². The van der Waals surface area contributed by atoms with Gasteiger partial charge >= 0.3 is 0 Å². The van der Waals surface area contributed by atoms with Crippen LogP contribution in [0.4, 0.5) is 8.78 Å². The molecular formula is C16H19F2N3. The summed E-state index contributed by atoms with van der Waals surface area (Å²) in [7, 11) is 0. The summed E-state index contributed by atoms with van der Waals surface area (Å²) in [6.07, 6.45) is 5.85. The second-order valence-electron chi connectivity index (χ2n) is 5.59. The van der Waals surface area contributed by atoms with Crippen molar-refractivity contribution in [2.24, 2.45) is 0 Å². The van der Waals surface area contributed by atoms with Crippen LogP contribution >= 0.6 is 0 Å². The fraction of sp³-hybridized carbons (Fsp3) is 0.438. The Kier molecular flexibility index (Phi) is 4.01. The van der Waals surface area contributed by atoms with Crippen LogP contribution in [0.15, 0.2) is 30.6 Å². The van der Waals surface area contributed by atoms with Crippen molar-refractivity contribution in [3.63, 3.8) is 0 Å². The average Bonchev–Trinajstić information content (AvgIpc) is 3.05. The number of hydrogen-bond acceptors (Lipinski definition) is 2. The molecule has 0 radical (unpaired) electrons. The van der Waals surface area contributed by atoms with Crippen LogP contribution in [-0.2, 0) is 13.1 Å². The molecule has 1 aromatic carbocycles. The van der Waals surface area contributed by atoms with Crippen molar-refractivity contribution in [3.05, 3.63) is 53.6 Å². The van der Waals surface area contributed by atoms with Gasteiger partial charge in [0.05, 0.1) is 0 Å². The number of rotatable bonds is 4. The van der Waals surface area contributed by atoms with Crippen molar-refractivity contribution in [2.75, 3.05) is 6.54 Å². The second-order valence-corrected chi connectivity index (χ2v) is 5.59. The lowest BCUT2D eigenvalue weighted by molar-refractivity contribution is 0.217. The maximum Gasteiger partial charge on any atom is 0.130 e. The molecule has 0 spiro atoms. The molecule has 0 bridgehead atoms. The standard InChI is InChI=1S/C16H19F2N3/c1-12-19-7-9-20(12)10-13-4-3-8-21(13)11-14-15(17)5-2-6-16(14)18/h2,5-7,9,13H,3-4,8,10-11H2,1H3/t13-/m0/s1. The summed E-state index contributed by atoms with van der Waals surface area (Å²) in [6, 6.07) is 4.36. The molecule has 3 nitrogen and oxygen atoms in total. The molecule has 0 saturated carbocycles. The van der Waals surface area contributed by atoms with Gasteiger partial charge in [0.2, 0.25) is 0 Å². The van der Waals surface area contributed by atoms with Gasteiger partial charge in [-0.2, -0.15) is 0 Å². The van der Waals surface area contributed by atoms with E-state index in [-0.39, 0.29) is 5.56 Å². The zero-order valence-corrected chi connectivity index (χ0v) is 12.1. The van der Waals surface area contributed by atoms with E-state index < -0.39 is 11.6 Å². The van der Waals surface area contributed by atoms with Gasteiger partial charge in [0.25, 0.3) is 0 Å². The Labute approximate surface area is 123 Å². The van der Waals surface area contributed by atoms with Gasteiger partial charge in [-0.05, 0) is 38.4 Å². The summed E-state index contributed by atoms with van der Waals surface area (Å²) in [5.74, 6) is 0.0536. The number of aryl methyl sites for hydroxylation is 1. The average molecular weight is 291 g/mol. The van der Waals surface area contributed by atoms with E-state index in [9.17, 15) is 8.78 Å². The molecule has 1 aliphatic heterocycles. The molecule has 0 aliphatic carbocycles. The maximum atomic E-state index is 13.8. The first kappa shape index (κ1) is 14.2. The SMILES string of the molecule is Cc1nccn1C[C@@H]1CCCN1Cc1c(F)cccc1F. The number of halogens is 2. The van der Waals surface area contributed by atoms with Crippen molar-refractivity contribution in [2.45, 2.75) is 38.9 Å². The lowest BCUT2D eigenvalue weighted by Crippen LogP contribution is -2.33. The quantitative estimate of drug-likeness (QED) is 0.863. The highest BCUT2D eigenvalue weighted by molar-refractivity contribution is 5.19. The molecule has 1 atom stereocenters. The van der Waals surface area contributed by atoms with Gasteiger partial charge < -0.3 is 4.57 Å². The molecule has 1 fully saturated rings. The van der Waals surface area contributed by atoms with Gasteiger partial charge in [0, 0.05) is 37.1 Å². The number of aromatic nitrogens is 2. The molecule has 2 aromatic rings. The van der Waals surface area contributed by atoms with Crippen LogP contribution < -0.4 is 0 Å². The Morgan fingerprint density at radius 1 is 1.29 bits per heavy atom. The van der Waals surface area contributed by atoms with Crippen molar-refractivity contribution in [1.82, 2.24) is 14.5 Å². The molecule has 0 N–H and O–H groups in total. The number of hydrogen-bond donors (Lipinski definition) is 0. The van der Waals surface area contributed by atoms with Crippen LogP contribution in [0.3, 0.4) is 0 Å². The van der Waals surface area contributed by atoms with Crippen molar-refractivity contribution in [3.8, 4) is 0 Å². The molecule has 2 heterocycles. The van der Waals surface area contributed by atoms with Gasteiger partial charge in [-0.3, -0.25) is 4.90 Å². The van der Waals surface area contributed by atoms with Gasteiger partial charge in [-0.25, -0.2) is 13.8 Å². The fourth-order valence-corrected chi connectivity index (χ4v) is 3.02. The van der Waals surface area contributed by atoms with Crippen molar-refractivity contribution in [1.29, 1.82) is 0 Å². The Balaban J connectivity index is 1.74. The Hall–Kier alpha value is -1.75. The number of nitrogens with zero attached hydrogens (tertiary/aromatic N) is 3. The summed E-state index contributed by atoms with van der Waals surface area (Å²) >= 11 is 0. The number of likely N-dealkylation sites (tertiary alicyclic amines) is 1. The van der Waals surface area contributed by atoms with E-state index in [4.69, 9.17) is 0 Å². The second kappa shape index (κ2) is 5.93. The minimum Gasteiger partial charge on any atom is -0.334 e. The van der Waals surface area contributed by atoms with Gasteiger partial charge in [-0.1, -0.05) is 6.07 Å². The largest absolute Gasteiger partial charge is 0.334 e. The first-order valence-corrected chi connectivity index (χ1v) is 7.30. The fourth-order valence-electron chi connectivity index (χ4n) is 3.02. The van der Waals surface area contributed by atoms with Crippen LogP contribution in [0.1, 0.15) is 24.2 Å². The highest BCUT2D eigenvalue weighted by atomic mass is 19.1. The number of benzene rings is 1. The summed E-state index contributed by atoms with van der Waals surface area (Å²) in [5, 5.41) is 0. The van der Waals surface area contributed by atoms with Crippen LogP contribution in [0.25, 0.3) is 0 Å². The molecule has 0 unspecified atom stereocenters. The Bertz CT molecular complexity index is 603. The van der Waals surface area contributed by atoms with Crippen LogP contribution in [0, 0.1) is 18.6 Å². The normalized spacial score (nSPS) is 19.3. The smallest absolute Gasteiger partial charge is 0.130 e. The summed E-state index contributed by atoms with van der Waals surface area (Å²) in [6.45, 7) is 4.00. The third-order valence-electron chi connectivity index (χ3n) is 4.25. The van der Waals surface area contributed by atoms with Gasteiger partial charge in [0.1, 0.15) is 17.5 Å². The maximum absolute atomic E-state index is 13.8. The predicted molar refractivity (Wildman–Crippen MR) is 76.8 cm³/mol. The number of imidazole rings is 1. The zero-order chi connectivity index (χ0) is 14.8. The van der Waals surface area contributed by atoms with Crippen LogP contribution in [0.5, 0.6) is 0 Å². The third-order valence-corrected chi connectivity index (χ3v) is 4.25. The van der Waals surface area contributed by atoms with E-state index >= 15 is 0 Å². The van der Waals surface area contributed by atoms with Gasteiger partial charge in [-0.15, -0.1) is 0 Å². The molecule has 5 heteroatoms. The third kappa shape index (κ3) is 2.97. The van der Waals surface area contributed by atoms with E-state index in [1.54, 1.807) is 6.20 Å². The molecule has 1 saturated heterocycles. The molecule has 0 amide bonds. The first-order chi connectivity index (χ1) is 10.1. The Morgan fingerprint density at radius 3 is 2.71 bits per heavy atom. The van der Waals surface area contributed by atoms with Crippen LogP contribution in [0.2, 0.25) is 0 Å². The lowest BCUT2D eigenvalue weighted by Gasteiger charge is -2.25. The Morgan fingerprint density at radius 2 is 2.05 bits per heavy atom. The predicted octanol–water partition coefficient (Wildman–Crippen LogP) is 3.13. The highest BCUT2D eigenvalue weighted by Crippen LogP contribution is 2.24. The van der Waals surface area contributed by atoms with Crippen LogP contribution in [-0.4, -0.2) is 27.0 Å². The lowest BCUT2D eigenvalue weighted by atomic mass is 10.1. The van der Waals surface area contributed by atoms with E-state index in [0.29, 0.717) is 12.6 Å². The highest BCUT2D eigenvalue weighted by Gasteiger charge is 2.26. The molecule has 1 aromatic heterocycles. The van der Waals surface area contributed by atoms with E-state index in [2.05, 4.69) is 14.5 Å². The molecule has 112 valence electrons. The first-order valence-electron chi connectivity index (χ1n) is 7.30. The zero-order valence-electron chi connectivity index (χ0n) is 12.1. The minimum atomic E-state index is -0.459. The molecular weight excluding hydrogens is 272 g/mol. The molecule has 21 heavy (non-hydrogen) atoms. The summed E-state index contributed by atoms with van der Waals surface area (Å²) < 4.78 is 29.7. The van der Waals surface area contributed by atoms with Gasteiger partial charge in [0.15, 0.2) is 0 Å². The topological polar surface area (TPSA) is 21.1 Å². The summed E-state index contributed by atoms with van der Waals surface area (Å²) in [4.78, 5) is 6.39. The summed E-state index contributed by atoms with van der Waals surface area (Å²) in [5.41, 5.74) is 0.173. The minimum absolute atomic E-state index is 0.173.